The Bertz CT molecular complexity index is 1040. The van der Waals surface area contributed by atoms with Gasteiger partial charge in [0.1, 0.15) is 4.32 Å². The van der Waals surface area contributed by atoms with E-state index in [0.29, 0.717) is 20.7 Å². The quantitative estimate of drug-likeness (QED) is 0.577. The Balaban J connectivity index is 1.38. The van der Waals surface area contributed by atoms with Crippen molar-refractivity contribution >= 4 is 51.9 Å². The van der Waals surface area contributed by atoms with Crippen LogP contribution in [-0.2, 0) is 9.59 Å². The highest BCUT2D eigenvalue weighted by atomic mass is 32.2. The van der Waals surface area contributed by atoms with Gasteiger partial charge in [0.15, 0.2) is 11.5 Å². The van der Waals surface area contributed by atoms with E-state index < -0.39 is 0 Å². The van der Waals surface area contributed by atoms with Gasteiger partial charge in [-0.2, -0.15) is 0 Å². The van der Waals surface area contributed by atoms with Crippen LogP contribution in [0.5, 0.6) is 11.5 Å². The van der Waals surface area contributed by atoms with Crippen molar-refractivity contribution in [1.29, 1.82) is 0 Å². The summed E-state index contributed by atoms with van der Waals surface area (Å²) in [6.45, 7) is 2.40. The van der Waals surface area contributed by atoms with Gasteiger partial charge in [-0.3, -0.25) is 14.5 Å². The van der Waals surface area contributed by atoms with Gasteiger partial charge in [0, 0.05) is 18.7 Å². The SMILES string of the molecule is Cc1cccc(NC(=O)CCN2C(=O)C(=Cc3ccc4c(c3)OCO4)SC2=S)c1. The van der Waals surface area contributed by atoms with E-state index in [1.807, 2.05) is 49.4 Å². The van der Waals surface area contributed by atoms with Gasteiger partial charge in [0.25, 0.3) is 5.91 Å². The summed E-state index contributed by atoms with van der Waals surface area (Å²) in [4.78, 5) is 27.0. The number of nitrogens with one attached hydrogen (secondary N) is 1. The third-order valence-electron chi connectivity index (χ3n) is 4.43. The molecule has 4 rings (SSSR count). The zero-order chi connectivity index (χ0) is 20.4. The molecule has 1 saturated heterocycles. The maximum absolute atomic E-state index is 12.7. The first-order valence-corrected chi connectivity index (χ1v) is 10.2. The molecule has 148 valence electrons. The molecule has 0 radical (unpaired) electrons. The lowest BCUT2D eigenvalue weighted by atomic mass is 10.2. The van der Waals surface area contributed by atoms with Gasteiger partial charge in [-0.15, -0.1) is 0 Å². The molecule has 0 aromatic heterocycles. The van der Waals surface area contributed by atoms with Crippen molar-refractivity contribution in [3.63, 3.8) is 0 Å². The van der Waals surface area contributed by atoms with Crippen molar-refractivity contribution < 1.29 is 19.1 Å². The average Bonchev–Trinajstić information content (AvgIpc) is 3.24. The molecule has 2 aromatic rings. The Morgan fingerprint density at radius 2 is 2.07 bits per heavy atom. The summed E-state index contributed by atoms with van der Waals surface area (Å²) < 4.78 is 11.1. The molecule has 0 bridgehead atoms. The Morgan fingerprint density at radius 1 is 1.24 bits per heavy atom. The molecule has 2 aliphatic heterocycles. The number of nitrogens with zero attached hydrogens (tertiary/aromatic N) is 1. The van der Waals surface area contributed by atoms with E-state index in [1.165, 1.54) is 16.7 Å². The lowest BCUT2D eigenvalue weighted by Crippen LogP contribution is -2.31. The highest BCUT2D eigenvalue weighted by molar-refractivity contribution is 8.26. The van der Waals surface area contributed by atoms with E-state index in [0.717, 1.165) is 16.8 Å². The molecule has 29 heavy (non-hydrogen) atoms. The van der Waals surface area contributed by atoms with Gasteiger partial charge < -0.3 is 14.8 Å². The fourth-order valence-electron chi connectivity index (χ4n) is 3.01. The summed E-state index contributed by atoms with van der Waals surface area (Å²) in [5.74, 6) is 0.988. The molecule has 2 aromatic carbocycles. The van der Waals surface area contributed by atoms with Crippen LogP contribution < -0.4 is 14.8 Å². The molecular weight excluding hydrogens is 408 g/mol. The number of thioether (sulfide) groups is 1. The van der Waals surface area contributed by atoms with Crippen LogP contribution in [0.2, 0.25) is 0 Å². The standard InChI is InChI=1S/C21H18N2O4S2/c1-13-3-2-4-15(9-13)22-19(24)7-8-23-20(25)18(29-21(23)28)11-14-5-6-16-17(10-14)27-12-26-16/h2-6,9-11H,7-8,12H2,1H3,(H,22,24). The molecule has 0 atom stereocenters. The highest BCUT2D eigenvalue weighted by Gasteiger charge is 2.32. The van der Waals surface area contributed by atoms with Crippen LogP contribution in [-0.4, -0.2) is 34.4 Å². The number of rotatable bonds is 5. The number of hydrogen-bond donors (Lipinski definition) is 1. The van der Waals surface area contributed by atoms with Gasteiger partial charge in [-0.1, -0.05) is 42.2 Å². The van der Waals surface area contributed by atoms with E-state index >= 15 is 0 Å². The smallest absolute Gasteiger partial charge is 0.266 e. The van der Waals surface area contributed by atoms with Crippen LogP contribution >= 0.6 is 24.0 Å². The van der Waals surface area contributed by atoms with Crippen molar-refractivity contribution in [2.24, 2.45) is 0 Å². The number of benzene rings is 2. The number of ether oxygens (including phenoxy) is 2. The molecule has 8 heteroatoms. The molecule has 0 aliphatic carbocycles. The maximum Gasteiger partial charge on any atom is 0.266 e. The first-order chi connectivity index (χ1) is 14.0. The van der Waals surface area contributed by atoms with Crippen LogP contribution in [0.15, 0.2) is 47.4 Å². The summed E-state index contributed by atoms with van der Waals surface area (Å²) >= 11 is 6.57. The van der Waals surface area contributed by atoms with Crippen molar-refractivity contribution in [2.45, 2.75) is 13.3 Å². The number of amides is 2. The minimum atomic E-state index is -0.193. The number of anilines is 1. The number of fused-ring (bicyclic) bond motifs is 1. The summed E-state index contributed by atoms with van der Waals surface area (Å²) in [6.07, 6.45) is 1.94. The molecule has 6 nitrogen and oxygen atoms in total. The maximum atomic E-state index is 12.7. The predicted octanol–water partition coefficient (Wildman–Crippen LogP) is 3.95. The van der Waals surface area contributed by atoms with Crippen LogP contribution in [0.1, 0.15) is 17.5 Å². The summed E-state index contributed by atoms with van der Waals surface area (Å²) in [7, 11) is 0. The first-order valence-electron chi connectivity index (χ1n) is 9.01. The number of aryl methyl sites for hydroxylation is 1. The van der Waals surface area contributed by atoms with E-state index in [2.05, 4.69) is 5.32 Å². The molecule has 1 fully saturated rings. The summed E-state index contributed by atoms with van der Waals surface area (Å²) in [6, 6.07) is 13.1. The molecule has 2 aliphatic rings. The van der Waals surface area contributed by atoms with Crippen molar-refractivity contribution in [3.05, 3.63) is 58.5 Å². The third-order valence-corrected chi connectivity index (χ3v) is 5.81. The van der Waals surface area contributed by atoms with Gasteiger partial charge >= 0.3 is 0 Å². The Kier molecular flexibility index (Phi) is 5.55. The van der Waals surface area contributed by atoms with Crippen LogP contribution in [0.4, 0.5) is 5.69 Å². The van der Waals surface area contributed by atoms with E-state index in [1.54, 1.807) is 6.08 Å². The van der Waals surface area contributed by atoms with E-state index in [9.17, 15) is 9.59 Å². The van der Waals surface area contributed by atoms with Crippen molar-refractivity contribution in [1.82, 2.24) is 4.90 Å². The van der Waals surface area contributed by atoms with Crippen molar-refractivity contribution in [3.8, 4) is 11.5 Å². The Labute approximate surface area is 177 Å². The van der Waals surface area contributed by atoms with Crippen molar-refractivity contribution in [2.75, 3.05) is 18.7 Å². The van der Waals surface area contributed by atoms with Gasteiger partial charge in [-0.05, 0) is 48.4 Å². The number of hydrogen-bond acceptors (Lipinski definition) is 6. The summed E-state index contributed by atoms with van der Waals surface area (Å²) in [5, 5.41) is 2.84. The molecule has 2 amide bonds. The molecule has 1 N–H and O–H groups in total. The topological polar surface area (TPSA) is 67.9 Å². The fraction of sp³-hybridized carbons (Fsp3) is 0.190. The van der Waals surface area contributed by atoms with E-state index in [4.69, 9.17) is 21.7 Å². The third kappa shape index (κ3) is 4.44. The summed E-state index contributed by atoms with van der Waals surface area (Å²) in [5.41, 5.74) is 2.63. The monoisotopic (exact) mass is 426 g/mol. The first kappa shape index (κ1) is 19.5. The Morgan fingerprint density at radius 3 is 2.90 bits per heavy atom. The molecular formula is C21H18N2O4S2. The van der Waals surface area contributed by atoms with Crippen LogP contribution in [0.3, 0.4) is 0 Å². The minimum absolute atomic E-state index is 0.163. The Hall–Kier alpha value is -2.84. The molecule has 2 heterocycles. The van der Waals surface area contributed by atoms with Gasteiger partial charge in [0.05, 0.1) is 4.91 Å². The normalized spacial score (nSPS) is 16.6. The highest BCUT2D eigenvalue weighted by Crippen LogP contribution is 2.36. The number of thiocarbonyl (C=S) groups is 1. The second-order valence-corrected chi connectivity index (χ2v) is 8.29. The van der Waals surface area contributed by atoms with Crippen LogP contribution in [0, 0.1) is 6.92 Å². The lowest BCUT2D eigenvalue weighted by Gasteiger charge is -2.14. The zero-order valence-corrected chi connectivity index (χ0v) is 17.3. The van der Waals surface area contributed by atoms with Gasteiger partial charge in [0.2, 0.25) is 12.7 Å². The van der Waals surface area contributed by atoms with Crippen LogP contribution in [0.25, 0.3) is 6.08 Å². The average molecular weight is 427 g/mol. The zero-order valence-electron chi connectivity index (χ0n) is 15.6. The predicted molar refractivity (Wildman–Crippen MR) is 117 cm³/mol. The second-order valence-electron chi connectivity index (χ2n) is 6.61. The number of carbonyl (C=O) groups excluding carboxylic acids is 2. The lowest BCUT2D eigenvalue weighted by molar-refractivity contribution is -0.122. The van der Waals surface area contributed by atoms with E-state index in [-0.39, 0.29) is 31.6 Å². The second kappa shape index (κ2) is 8.26. The van der Waals surface area contributed by atoms with Gasteiger partial charge in [-0.25, -0.2) is 0 Å². The molecule has 0 spiro atoms. The fourth-order valence-corrected chi connectivity index (χ4v) is 4.32. The minimum Gasteiger partial charge on any atom is -0.454 e. The largest absolute Gasteiger partial charge is 0.454 e. The molecule has 0 unspecified atom stereocenters. The molecule has 0 saturated carbocycles. The number of carbonyl (C=O) groups is 2.